The zero-order valence-electron chi connectivity index (χ0n) is 35.9. The Balaban J connectivity index is 1.83. The van der Waals surface area contributed by atoms with Crippen LogP contribution < -0.4 is 10.0 Å². The van der Waals surface area contributed by atoms with Gasteiger partial charge in [-0.3, -0.25) is 27.6 Å². The molecule has 420 valence electrons. The second kappa shape index (κ2) is 25.0. The van der Waals surface area contributed by atoms with Crippen molar-refractivity contribution in [1.29, 1.82) is 0 Å². The minimum absolute atomic E-state index is 0.267. The lowest BCUT2D eigenvalue weighted by Crippen LogP contribution is -2.71. The average Bonchev–Trinajstić information content (AvgIpc) is 3.23. The van der Waals surface area contributed by atoms with Gasteiger partial charge in [0.15, 0.2) is 43.5 Å². The van der Waals surface area contributed by atoms with Crippen molar-refractivity contribution >= 4 is 70.6 Å². The number of hydrogen-bond acceptors (Lipinski definition) is 32. The van der Waals surface area contributed by atoms with E-state index in [4.69, 9.17) is 42.6 Å². The van der Waals surface area contributed by atoms with Gasteiger partial charge in [-0.1, -0.05) is 0 Å². The van der Waals surface area contributed by atoms with E-state index in [1.807, 2.05) is 0 Å². The molecule has 0 radical (unpaired) electrons. The third-order valence-corrected chi connectivity index (χ3v) is 12.5. The van der Waals surface area contributed by atoms with Crippen LogP contribution in [0.3, 0.4) is 0 Å². The number of carbonyl (C=O) groups is 3. The summed E-state index contributed by atoms with van der Waals surface area (Å²) in [4.78, 5) is 35.3. The standard InChI is InChI=1S/C28H46N2O37S5/c1-54-19-14(36)21(67-72(51,52)53)28(64-26(19)56-7-33)61-16-8(5-32)58-25(11(30-68(39,40)41)17(16)65-70(45,46)47)62-18-13(35)20(66-71(48,49)50)27(63-22(18)23(37)38)60-15-9(6-57-69(42,43)44)59-24(55-2)10(12(15)34)29-3-4-31/h4,7-22,24-30,32,34-36H,3,5-6H2,1-2H3,(H,37,38)(H,39,40,41)(H,42,43,44)(H,45,46,47)(H,48,49,50)(H,51,52,53). The van der Waals surface area contributed by atoms with Gasteiger partial charge in [0.1, 0.15) is 73.4 Å². The van der Waals surface area contributed by atoms with Crippen molar-refractivity contribution in [3.63, 3.8) is 0 Å². The highest BCUT2D eigenvalue weighted by atomic mass is 32.3. The lowest BCUT2D eigenvalue weighted by molar-refractivity contribution is -0.378. The topological polar surface area (TPSA) is 577 Å². The van der Waals surface area contributed by atoms with E-state index in [2.05, 4.69) is 26.8 Å². The lowest BCUT2D eigenvalue weighted by Gasteiger charge is -2.50. The van der Waals surface area contributed by atoms with Crippen LogP contribution in [-0.4, -0.2) is 266 Å². The van der Waals surface area contributed by atoms with Gasteiger partial charge in [0, 0.05) is 14.2 Å². The second-order valence-electron chi connectivity index (χ2n) is 14.7. The molecule has 0 bridgehead atoms. The van der Waals surface area contributed by atoms with E-state index in [0.29, 0.717) is 0 Å². The molecule has 0 spiro atoms. The summed E-state index contributed by atoms with van der Waals surface area (Å²) in [5, 5.41) is 57.2. The summed E-state index contributed by atoms with van der Waals surface area (Å²) in [7, 11) is -27.0. The van der Waals surface area contributed by atoms with Gasteiger partial charge >= 0.3 is 57.9 Å². The first-order valence-electron chi connectivity index (χ1n) is 19.3. The fourth-order valence-corrected chi connectivity index (χ4v) is 9.79. The molecule has 44 heteroatoms. The van der Waals surface area contributed by atoms with Crippen molar-refractivity contribution in [2.75, 3.05) is 34.0 Å². The third-order valence-electron chi connectivity index (χ3n) is 10.1. The van der Waals surface area contributed by atoms with Crippen LogP contribution in [-0.2, 0) is 130 Å². The second-order valence-corrected chi connectivity index (χ2v) is 20.2. The Morgan fingerprint density at radius 1 is 0.569 bits per heavy atom. The van der Waals surface area contributed by atoms with Crippen LogP contribution in [0.2, 0.25) is 0 Å². The number of hydrogen-bond donors (Lipinski definition) is 12. The van der Waals surface area contributed by atoms with Crippen LogP contribution in [0.4, 0.5) is 0 Å². The number of carbonyl (C=O) groups excluding carboxylic acids is 2. The number of rotatable bonds is 26. The maximum atomic E-state index is 12.8. The van der Waals surface area contributed by atoms with Crippen LogP contribution in [0.5, 0.6) is 0 Å². The number of methoxy groups -OCH3 is 2. The van der Waals surface area contributed by atoms with Crippen LogP contribution in [0.15, 0.2) is 0 Å². The normalized spacial score (nSPS) is 38.4. The van der Waals surface area contributed by atoms with Gasteiger partial charge in [0.25, 0.3) is 6.47 Å². The number of carboxylic acid groups (broad SMARTS) is 1. The van der Waals surface area contributed by atoms with E-state index >= 15 is 0 Å². The van der Waals surface area contributed by atoms with Crippen molar-refractivity contribution < 1.29 is 169 Å². The summed E-state index contributed by atoms with van der Waals surface area (Å²) >= 11 is 0. The number of aliphatic hydroxyl groups is 4. The third kappa shape index (κ3) is 17.0. The highest BCUT2D eigenvalue weighted by molar-refractivity contribution is 7.83. The van der Waals surface area contributed by atoms with E-state index in [-0.39, 0.29) is 12.8 Å². The van der Waals surface area contributed by atoms with Crippen LogP contribution in [0.25, 0.3) is 0 Å². The van der Waals surface area contributed by atoms with Gasteiger partial charge in [-0.25, -0.2) is 21.5 Å². The van der Waals surface area contributed by atoms with E-state index in [0.717, 1.165) is 14.2 Å². The minimum atomic E-state index is -6.03. The molecular formula is C28H46N2O37S5. The Hall–Kier alpha value is -2.60. The molecule has 39 nitrogen and oxygen atoms in total. The monoisotopic (exact) mass is 1160 g/mol. The molecule has 20 atom stereocenters. The Labute approximate surface area is 405 Å². The molecule has 0 aromatic rings. The Bertz CT molecular complexity index is 2410. The van der Waals surface area contributed by atoms with Crippen molar-refractivity contribution in [1.82, 2.24) is 10.0 Å². The van der Waals surface area contributed by atoms with Crippen molar-refractivity contribution in [3.8, 4) is 0 Å². The average molecular weight is 1160 g/mol. The Morgan fingerprint density at radius 3 is 1.56 bits per heavy atom. The fraction of sp³-hybridized carbons (Fsp3) is 0.893. The summed E-state index contributed by atoms with van der Waals surface area (Å²) in [6, 6.07) is -4.49. The molecule has 4 rings (SSSR count). The van der Waals surface area contributed by atoms with E-state index in [1.54, 1.807) is 0 Å². The first kappa shape index (κ1) is 61.9. The molecule has 12 N–H and O–H groups in total. The van der Waals surface area contributed by atoms with Gasteiger partial charge < -0.3 is 83.0 Å². The van der Waals surface area contributed by atoms with Crippen molar-refractivity contribution in [3.05, 3.63) is 0 Å². The van der Waals surface area contributed by atoms with Gasteiger partial charge in [0.05, 0.1) is 25.8 Å². The summed E-state index contributed by atoms with van der Waals surface area (Å²) in [6.45, 7) is -3.77. The van der Waals surface area contributed by atoms with Crippen molar-refractivity contribution in [2.24, 2.45) is 0 Å². The number of carboxylic acids is 1. The van der Waals surface area contributed by atoms with E-state index < -0.39 is 201 Å². The van der Waals surface area contributed by atoms with E-state index in [9.17, 15) is 105 Å². The molecule has 0 aliphatic carbocycles. The van der Waals surface area contributed by atoms with E-state index in [1.165, 1.54) is 4.72 Å². The first-order valence-corrected chi connectivity index (χ1v) is 26.2. The zero-order valence-corrected chi connectivity index (χ0v) is 39.9. The molecule has 0 amide bonds. The Morgan fingerprint density at radius 2 is 1.08 bits per heavy atom. The molecule has 4 heterocycles. The number of aliphatic carboxylic acids is 1. The highest BCUT2D eigenvalue weighted by Gasteiger charge is 2.60. The molecule has 4 aliphatic heterocycles. The predicted octanol–water partition coefficient (Wildman–Crippen LogP) is -9.71. The summed E-state index contributed by atoms with van der Waals surface area (Å²) in [5.41, 5.74) is 0. The number of aldehydes is 1. The quantitative estimate of drug-likeness (QED) is 0.0283. The maximum absolute atomic E-state index is 12.8. The molecule has 0 aromatic carbocycles. The highest BCUT2D eigenvalue weighted by Crippen LogP contribution is 2.38. The first-order chi connectivity index (χ1) is 33.2. The predicted molar refractivity (Wildman–Crippen MR) is 210 cm³/mol. The number of ether oxygens (including phenoxy) is 10. The molecule has 4 aliphatic rings. The Kier molecular flexibility index (Phi) is 21.5. The summed E-state index contributed by atoms with van der Waals surface area (Å²) < 4.78 is 240. The number of aliphatic hydroxyl groups excluding tert-OH is 4. The lowest BCUT2D eigenvalue weighted by atomic mass is 9.94. The minimum Gasteiger partial charge on any atom is -0.479 e. The fourth-order valence-electron chi connectivity index (χ4n) is 7.42. The van der Waals surface area contributed by atoms with Gasteiger partial charge in [0.2, 0.25) is 6.29 Å². The summed E-state index contributed by atoms with van der Waals surface area (Å²) in [5.74, 6) is -2.28. The molecule has 4 saturated heterocycles. The largest absolute Gasteiger partial charge is 0.479 e. The SMILES string of the molecule is COC1OC(COS(=O)(=O)O)C(OC2OC(C(=O)O)C(OC3OC(CO)C(OC4OC(OC=O)C(OC)C(O)C4OS(=O)(=O)O)C(OS(=O)(=O)O)C3NS(=O)(=O)O)C(O)C2OS(=O)(=O)O)C(O)C1NCC=O. The number of nitrogens with one attached hydrogen (secondary N) is 2. The molecule has 20 unspecified atom stereocenters. The molecule has 72 heavy (non-hydrogen) atoms. The maximum Gasteiger partial charge on any atom is 0.397 e. The van der Waals surface area contributed by atoms with Crippen LogP contribution in [0, 0.1) is 0 Å². The van der Waals surface area contributed by atoms with Crippen molar-refractivity contribution in [2.45, 2.75) is 123 Å². The van der Waals surface area contributed by atoms with Gasteiger partial charge in [-0.2, -0.15) is 46.8 Å². The van der Waals surface area contributed by atoms with Gasteiger partial charge in [-0.15, -0.1) is 0 Å². The smallest absolute Gasteiger partial charge is 0.397 e. The van der Waals surface area contributed by atoms with Crippen LogP contribution in [0.1, 0.15) is 0 Å². The molecule has 4 fully saturated rings. The molecule has 0 saturated carbocycles. The summed E-state index contributed by atoms with van der Waals surface area (Å²) in [6.07, 6.45) is -44.9. The molecule has 0 aromatic heterocycles. The van der Waals surface area contributed by atoms with Gasteiger partial charge in [-0.05, 0) is 0 Å². The zero-order chi connectivity index (χ0) is 54.5. The van der Waals surface area contributed by atoms with Crippen LogP contribution >= 0.6 is 0 Å². The molecular weight excluding hydrogens is 1120 g/mol.